The molecule has 18 heavy (non-hydrogen) atoms. The lowest BCUT2D eigenvalue weighted by molar-refractivity contribution is 0.0525. The van der Waals surface area contributed by atoms with Crippen molar-refractivity contribution in [3.63, 3.8) is 0 Å². The molecule has 0 saturated heterocycles. The van der Waals surface area contributed by atoms with Crippen LogP contribution in [0.5, 0.6) is 5.75 Å². The van der Waals surface area contributed by atoms with Crippen LogP contribution in [0.25, 0.3) is 0 Å². The molecular weight excluding hydrogens is 263 g/mol. The quantitative estimate of drug-likeness (QED) is 0.640. The van der Waals surface area contributed by atoms with Gasteiger partial charge < -0.3 is 14.6 Å². The summed E-state index contributed by atoms with van der Waals surface area (Å²) in [4.78, 5) is 11.5. The van der Waals surface area contributed by atoms with Crippen LogP contribution in [0.4, 0.5) is 4.39 Å². The minimum atomic E-state index is -0.749. The highest BCUT2D eigenvalue weighted by Gasteiger charge is 2.17. The number of carbonyl (C=O) groups is 1. The lowest BCUT2D eigenvalue weighted by Gasteiger charge is -2.09. The van der Waals surface area contributed by atoms with Crippen molar-refractivity contribution in [2.24, 2.45) is 0 Å². The number of hydrogen-bond donors (Lipinski definition) is 1. The van der Waals surface area contributed by atoms with Crippen LogP contribution in [-0.2, 0) is 4.74 Å². The topological polar surface area (TPSA) is 55.8 Å². The number of rotatable bonds is 6. The van der Waals surface area contributed by atoms with E-state index in [4.69, 9.17) is 26.2 Å². The first-order valence-electron chi connectivity index (χ1n) is 5.50. The fraction of sp³-hybridized carbons (Fsp3) is 0.417. The standard InChI is InChI=1S/C12H14ClFO4/c1-2-17-12(16)9-6-8(18-5-3-4-15)7-10(14)11(9)13/h6-7,15H,2-5H2,1H3. The monoisotopic (exact) mass is 276 g/mol. The molecular formula is C12H14ClFO4. The molecule has 0 aliphatic carbocycles. The Kier molecular flexibility index (Phi) is 5.88. The normalized spacial score (nSPS) is 10.2. The van der Waals surface area contributed by atoms with Gasteiger partial charge in [0.2, 0.25) is 0 Å². The largest absolute Gasteiger partial charge is 0.493 e. The first kappa shape index (κ1) is 14.7. The third kappa shape index (κ3) is 3.85. The number of halogens is 2. The summed E-state index contributed by atoms with van der Waals surface area (Å²) in [5.41, 5.74) is -0.0717. The van der Waals surface area contributed by atoms with Crippen LogP contribution in [0.15, 0.2) is 12.1 Å². The maximum Gasteiger partial charge on any atom is 0.339 e. The molecule has 0 saturated carbocycles. The molecule has 0 amide bonds. The first-order chi connectivity index (χ1) is 8.60. The number of aliphatic hydroxyl groups is 1. The smallest absolute Gasteiger partial charge is 0.339 e. The average molecular weight is 277 g/mol. The first-order valence-corrected chi connectivity index (χ1v) is 5.87. The second-order valence-electron chi connectivity index (χ2n) is 3.41. The van der Waals surface area contributed by atoms with Crippen molar-refractivity contribution in [2.45, 2.75) is 13.3 Å². The van der Waals surface area contributed by atoms with Crippen LogP contribution >= 0.6 is 11.6 Å². The van der Waals surface area contributed by atoms with Gasteiger partial charge in [0.15, 0.2) is 0 Å². The van der Waals surface area contributed by atoms with Crippen molar-refractivity contribution in [1.29, 1.82) is 0 Å². The van der Waals surface area contributed by atoms with E-state index in [1.807, 2.05) is 0 Å². The highest BCUT2D eigenvalue weighted by Crippen LogP contribution is 2.26. The minimum Gasteiger partial charge on any atom is -0.493 e. The molecule has 0 aromatic heterocycles. The van der Waals surface area contributed by atoms with Crippen LogP contribution in [0, 0.1) is 5.82 Å². The van der Waals surface area contributed by atoms with Gasteiger partial charge in [-0.25, -0.2) is 9.18 Å². The van der Waals surface area contributed by atoms with Crippen molar-refractivity contribution >= 4 is 17.6 Å². The SMILES string of the molecule is CCOC(=O)c1cc(OCCCO)cc(F)c1Cl. The van der Waals surface area contributed by atoms with Crippen molar-refractivity contribution in [1.82, 2.24) is 0 Å². The summed E-state index contributed by atoms with van der Waals surface area (Å²) in [5.74, 6) is -1.27. The zero-order chi connectivity index (χ0) is 13.5. The Hall–Kier alpha value is -1.33. The fourth-order valence-corrected chi connectivity index (χ4v) is 1.45. The van der Waals surface area contributed by atoms with Gasteiger partial charge in [-0.15, -0.1) is 0 Å². The van der Waals surface area contributed by atoms with E-state index in [1.54, 1.807) is 6.92 Å². The van der Waals surface area contributed by atoms with Gasteiger partial charge in [-0.2, -0.15) is 0 Å². The van der Waals surface area contributed by atoms with Crippen molar-refractivity contribution in [3.8, 4) is 5.75 Å². The Balaban J connectivity index is 2.91. The Morgan fingerprint density at radius 2 is 2.22 bits per heavy atom. The van der Waals surface area contributed by atoms with Gasteiger partial charge in [0.1, 0.15) is 11.6 Å². The maximum atomic E-state index is 13.5. The number of hydrogen-bond acceptors (Lipinski definition) is 4. The van der Waals surface area contributed by atoms with Gasteiger partial charge in [-0.3, -0.25) is 0 Å². The Morgan fingerprint density at radius 3 is 2.83 bits per heavy atom. The fourth-order valence-electron chi connectivity index (χ4n) is 1.26. The molecule has 0 spiro atoms. The van der Waals surface area contributed by atoms with Crippen LogP contribution in [0.3, 0.4) is 0 Å². The van der Waals surface area contributed by atoms with Crippen LogP contribution in [0.1, 0.15) is 23.7 Å². The van der Waals surface area contributed by atoms with Gasteiger partial charge in [-0.05, 0) is 13.0 Å². The average Bonchev–Trinajstić information content (AvgIpc) is 2.34. The number of ether oxygens (including phenoxy) is 2. The molecule has 0 bridgehead atoms. The number of esters is 1. The summed E-state index contributed by atoms with van der Waals surface area (Å²) in [6.45, 7) is 2.01. The Morgan fingerprint density at radius 1 is 1.50 bits per heavy atom. The molecule has 1 aromatic carbocycles. The molecule has 0 heterocycles. The van der Waals surface area contributed by atoms with Crippen molar-refractivity contribution < 1.29 is 23.8 Å². The maximum absolute atomic E-state index is 13.5. The van der Waals surface area contributed by atoms with Gasteiger partial charge >= 0.3 is 5.97 Å². The van der Waals surface area contributed by atoms with Crippen LogP contribution < -0.4 is 4.74 Å². The second-order valence-corrected chi connectivity index (χ2v) is 3.79. The highest BCUT2D eigenvalue weighted by molar-refractivity contribution is 6.33. The molecule has 1 N–H and O–H groups in total. The molecule has 1 rings (SSSR count). The summed E-state index contributed by atoms with van der Waals surface area (Å²) in [6, 6.07) is 2.41. The molecule has 0 fully saturated rings. The van der Waals surface area contributed by atoms with Crippen LogP contribution in [0.2, 0.25) is 5.02 Å². The number of carbonyl (C=O) groups excluding carboxylic acids is 1. The summed E-state index contributed by atoms with van der Waals surface area (Å²) in [7, 11) is 0. The van der Waals surface area contributed by atoms with E-state index in [9.17, 15) is 9.18 Å². The number of aliphatic hydroxyl groups excluding tert-OH is 1. The molecule has 0 aliphatic heterocycles. The van der Waals surface area contributed by atoms with E-state index in [-0.39, 0.29) is 36.2 Å². The van der Waals surface area contributed by atoms with E-state index >= 15 is 0 Å². The predicted octanol–water partition coefficient (Wildman–Crippen LogP) is 2.42. The summed E-state index contributed by atoms with van der Waals surface area (Å²) < 4.78 is 23.4. The Bertz CT molecular complexity index is 423. The zero-order valence-corrected chi connectivity index (χ0v) is 10.7. The van der Waals surface area contributed by atoms with Crippen molar-refractivity contribution in [2.75, 3.05) is 19.8 Å². The van der Waals surface area contributed by atoms with E-state index in [1.165, 1.54) is 6.07 Å². The van der Waals surface area contributed by atoms with E-state index in [2.05, 4.69) is 0 Å². The molecule has 1 aromatic rings. The molecule has 6 heteroatoms. The molecule has 0 radical (unpaired) electrons. The summed E-state index contributed by atoms with van der Waals surface area (Å²) >= 11 is 5.69. The molecule has 0 unspecified atom stereocenters. The van der Waals surface area contributed by atoms with Gasteiger partial charge in [-0.1, -0.05) is 11.6 Å². The third-order valence-electron chi connectivity index (χ3n) is 2.07. The second kappa shape index (κ2) is 7.18. The van der Waals surface area contributed by atoms with Crippen molar-refractivity contribution in [3.05, 3.63) is 28.5 Å². The molecule has 4 nitrogen and oxygen atoms in total. The van der Waals surface area contributed by atoms with E-state index in [0.717, 1.165) is 6.07 Å². The lowest BCUT2D eigenvalue weighted by Crippen LogP contribution is -2.08. The summed E-state index contributed by atoms with van der Waals surface area (Å²) in [6.07, 6.45) is 0.416. The van der Waals surface area contributed by atoms with Crippen LogP contribution in [-0.4, -0.2) is 30.9 Å². The minimum absolute atomic E-state index is 0.0270. The zero-order valence-electron chi connectivity index (χ0n) is 9.91. The molecule has 0 atom stereocenters. The molecule has 0 aliphatic rings. The van der Waals surface area contributed by atoms with Gasteiger partial charge in [0, 0.05) is 19.1 Å². The lowest BCUT2D eigenvalue weighted by atomic mass is 10.2. The highest BCUT2D eigenvalue weighted by atomic mass is 35.5. The van der Waals surface area contributed by atoms with E-state index < -0.39 is 11.8 Å². The Labute approximate surface area is 109 Å². The van der Waals surface area contributed by atoms with Gasteiger partial charge in [0.25, 0.3) is 0 Å². The predicted molar refractivity (Wildman–Crippen MR) is 64.6 cm³/mol. The number of benzene rings is 1. The van der Waals surface area contributed by atoms with Gasteiger partial charge in [0.05, 0.1) is 23.8 Å². The van der Waals surface area contributed by atoms with E-state index in [0.29, 0.717) is 6.42 Å². The molecule has 100 valence electrons. The summed E-state index contributed by atoms with van der Waals surface area (Å²) in [5, 5.41) is 8.32. The third-order valence-corrected chi connectivity index (χ3v) is 2.45.